The van der Waals surface area contributed by atoms with Gasteiger partial charge in [0, 0.05) is 20.5 Å². The van der Waals surface area contributed by atoms with Crippen LogP contribution in [-0.2, 0) is 4.79 Å². The van der Waals surface area contributed by atoms with Gasteiger partial charge in [-0.2, -0.15) is 0 Å². The number of carbonyl (C=O) groups is 1. The molecule has 0 spiro atoms. The smallest absolute Gasteiger partial charge is 0.222 e. The van der Waals surface area contributed by atoms with Crippen molar-refractivity contribution in [1.82, 2.24) is 4.90 Å². The quantitative estimate of drug-likeness (QED) is 0.474. The van der Waals surface area contributed by atoms with E-state index in [0.717, 1.165) is 19.3 Å². The molecule has 0 aromatic carbocycles. The van der Waals surface area contributed by atoms with Crippen molar-refractivity contribution in [3.8, 4) is 0 Å². The molecular weight excluding hydrogens is 162 g/mol. The molecule has 0 aliphatic rings. The molecule has 0 aliphatic heterocycles. The molecule has 0 saturated carbocycles. The Labute approximate surface area is 81.6 Å². The number of nitrogens with zero attached hydrogens (tertiary/aromatic N) is 1. The predicted molar refractivity (Wildman–Crippen MR) is 56.6 cm³/mol. The number of rotatable bonds is 5. The number of hydrogen-bond acceptors (Lipinski definition) is 1. The van der Waals surface area contributed by atoms with Crippen LogP contribution < -0.4 is 0 Å². The second-order valence-electron chi connectivity index (χ2n) is 3.82. The fourth-order valence-corrected chi connectivity index (χ4v) is 1.03. The molecule has 76 valence electrons. The predicted octanol–water partition coefficient (Wildman–Crippen LogP) is 2.60. The molecule has 0 N–H and O–H groups in total. The number of amides is 1. The standard InChI is InChI=1S/C11H21NO/c1-10(2)8-6-5-7-9-11(13)12(3)4/h8H,5-7,9H2,1-4H3. The van der Waals surface area contributed by atoms with Crippen molar-refractivity contribution < 1.29 is 4.79 Å². The molecule has 0 bridgehead atoms. The zero-order chi connectivity index (χ0) is 10.3. The van der Waals surface area contributed by atoms with E-state index in [4.69, 9.17) is 0 Å². The monoisotopic (exact) mass is 183 g/mol. The lowest BCUT2D eigenvalue weighted by molar-refractivity contribution is -0.128. The molecule has 13 heavy (non-hydrogen) atoms. The molecule has 1 amide bonds. The second kappa shape index (κ2) is 6.70. The van der Waals surface area contributed by atoms with Gasteiger partial charge in [0.25, 0.3) is 0 Å². The molecule has 0 aromatic rings. The van der Waals surface area contributed by atoms with Crippen LogP contribution in [0.5, 0.6) is 0 Å². The van der Waals surface area contributed by atoms with Crippen molar-refractivity contribution in [2.45, 2.75) is 39.5 Å². The second-order valence-corrected chi connectivity index (χ2v) is 3.82. The summed E-state index contributed by atoms with van der Waals surface area (Å²) in [5, 5.41) is 0. The van der Waals surface area contributed by atoms with Gasteiger partial charge in [-0.05, 0) is 33.1 Å². The van der Waals surface area contributed by atoms with Gasteiger partial charge in [0.15, 0.2) is 0 Å². The molecule has 0 heterocycles. The van der Waals surface area contributed by atoms with Crippen LogP contribution >= 0.6 is 0 Å². The molecule has 0 unspecified atom stereocenters. The lowest BCUT2D eigenvalue weighted by atomic mass is 10.1. The summed E-state index contributed by atoms with van der Waals surface area (Å²) in [5.41, 5.74) is 1.36. The molecule has 2 nitrogen and oxygen atoms in total. The Balaban J connectivity index is 3.36. The van der Waals surface area contributed by atoms with Crippen molar-refractivity contribution >= 4 is 5.91 Å². The number of carbonyl (C=O) groups excluding carboxylic acids is 1. The molecule has 0 atom stereocenters. The van der Waals surface area contributed by atoms with Crippen LogP contribution in [0.25, 0.3) is 0 Å². The minimum atomic E-state index is 0.234. The van der Waals surface area contributed by atoms with Gasteiger partial charge in [-0.1, -0.05) is 11.6 Å². The third-order valence-electron chi connectivity index (χ3n) is 1.90. The topological polar surface area (TPSA) is 20.3 Å². The van der Waals surface area contributed by atoms with E-state index in [2.05, 4.69) is 19.9 Å². The van der Waals surface area contributed by atoms with Crippen LogP contribution in [-0.4, -0.2) is 24.9 Å². The Hall–Kier alpha value is -0.790. The van der Waals surface area contributed by atoms with Crippen LogP contribution in [0, 0.1) is 0 Å². The Morgan fingerprint density at radius 3 is 2.31 bits per heavy atom. The van der Waals surface area contributed by atoms with Gasteiger partial charge in [-0.25, -0.2) is 0 Å². The summed E-state index contributed by atoms with van der Waals surface area (Å²) in [5.74, 6) is 0.234. The molecule has 0 rings (SSSR count). The minimum absolute atomic E-state index is 0.234. The van der Waals surface area contributed by atoms with E-state index in [1.807, 2.05) is 0 Å². The average Bonchev–Trinajstić information content (AvgIpc) is 2.02. The molecule has 0 aromatic heterocycles. The Morgan fingerprint density at radius 1 is 1.23 bits per heavy atom. The van der Waals surface area contributed by atoms with E-state index < -0.39 is 0 Å². The maximum absolute atomic E-state index is 11.2. The Bertz CT molecular complexity index is 179. The van der Waals surface area contributed by atoms with E-state index in [0.29, 0.717) is 6.42 Å². The zero-order valence-corrected chi connectivity index (χ0v) is 9.26. The van der Waals surface area contributed by atoms with Gasteiger partial charge < -0.3 is 4.90 Å². The molecule has 0 fully saturated rings. The SMILES string of the molecule is CC(C)=CCCCCC(=O)N(C)C. The summed E-state index contributed by atoms with van der Waals surface area (Å²) in [6, 6.07) is 0. The summed E-state index contributed by atoms with van der Waals surface area (Å²) < 4.78 is 0. The van der Waals surface area contributed by atoms with Crippen LogP contribution in [0.3, 0.4) is 0 Å². The molecular formula is C11H21NO. The average molecular weight is 183 g/mol. The Morgan fingerprint density at radius 2 is 1.85 bits per heavy atom. The fourth-order valence-electron chi connectivity index (χ4n) is 1.03. The van der Waals surface area contributed by atoms with Crippen molar-refractivity contribution in [2.24, 2.45) is 0 Å². The minimum Gasteiger partial charge on any atom is -0.349 e. The highest BCUT2D eigenvalue weighted by atomic mass is 16.2. The summed E-state index contributed by atoms with van der Waals surface area (Å²) in [6.45, 7) is 4.20. The highest BCUT2D eigenvalue weighted by Gasteiger charge is 2.01. The van der Waals surface area contributed by atoms with Crippen molar-refractivity contribution in [3.05, 3.63) is 11.6 Å². The summed E-state index contributed by atoms with van der Waals surface area (Å²) in [7, 11) is 3.61. The lowest BCUT2D eigenvalue weighted by Crippen LogP contribution is -2.20. The van der Waals surface area contributed by atoms with Crippen molar-refractivity contribution in [3.63, 3.8) is 0 Å². The fraction of sp³-hybridized carbons (Fsp3) is 0.727. The van der Waals surface area contributed by atoms with Gasteiger partial charge in [-0.15, -0.1) is 0 Å². The highest BCUT2D eigenvalue weighted by Crippen LogP contribution is 2.04. The van der Waals surface area contributed by atoms with E-state index in [1.54, 1.807) is 19.0 Å². The van der Waals surface area contributed by atoms with Crippen molar-refractivity contribution in [1.29, 1.82) is 0 Å². The molecule has 0 aliphatic carbocycles. The summed E-state index contributed by atoms with van der Waals surface area (Å²) in [4.78, 5) is 12.8. The summed E-state index contributed by atoms with van der Waals surface area (Å²) in [6.07, 6.45) is 6.12. The van der Waals surface area contributed by atoms with Gasteiger partial charge in [-0.3, -0.25) is 4.79 Å². The highest BCUT2D eigenvalue weighted by molar-refractivity contribution is 5.75. The largest absolute Gasteiger partial charge is 0.349 e. The van der Waals surface area contributed by atoms with E-state index in [1.165, 1.54) is 5.57 Å². The molecule has 2 heteroatoms. The van der Waals surface area contributed by atoms with E-state index in [-0.39, 0.29) is 5.91 Å². The molecule has 0 radical (unpaired) electrons. The van der Waals surface area contributed by atoms with E-state index in [9.17, 15) is 4.79 Å². The van der Waals surface area contributed by atoms with Crippen LogP contribution in [0.15, 0.2) is 11.6 Å². The first-order chi connectivity index (χ1) is 6.04. The third-order valence-corrected chi connectivity index (χ3v) is 1.90. The van der Waals surface area contributed by atoms with Gasteiger partial charge in [0.1, 0.15) is 0 Å². The maximum Gasteiger partial charge on any atom is 0.222 e. The first kappa shape index (κ1) is 12.2. The first-order valence-corrected chi connectivity index (χ1v) is 4.87. The van der Waals surface area contributed by atoms with Crippen LogP contribution in [0.2, 0.25) is 0 Å². The lowest BCUT2D eigenvalue weighted by Gasteiger charge is -2.08. The van der Waals surface area contributed by atoms with Crippen molar-refractivity contribution in [2.75, 3.05) is 14.1 Å². The normalized spacial score (nSPS) is 9.54. The Kier molecular flexibility index (Phi) is 6.29. The number of hydrogen-bond donors (Lipinski definition) is 0. The van der Waals surface area contributed by atoms with Crippen LogP contribution in [0.4, 0.5) is 0 Å². The summed E-state index contributed by atoms with van der Waals surface area (Å²) >= 11 is 0. The van der Waals surface area contributed by atoms with Gasteiger partial charge >= 0.3 is 0 Å². The maximum atomic E-state index is 11.2. The number of allylic oxidation sites excluding steroid dienone is 2. The molecule has 0 saturated heterocycles. The van der Waals surface area contributed by atoms with Gasteiger partial charge in [0.05, 0.1) is 0 Å². The van der Waals surface area contributed by atoms with E-state index >= 15 is 0 Å². The van der Waals surface area contributed by atoms with Crippen LogP contribution in [0.1, 0.15) is 39.5 Å². The zero-order valence-electron chi connectivity index (χ0n) is 9.26. The number of unbranched alkanes of at least 4 members (excludes halogenated alkanes) is 2. The first-order valence-electron chi connectivity index (χ1n) is 4.87. The third kappa shape index (κ3) is 7.57. The van der Waals surface area contributed by atoms with Gasteiger partial charge in [0.2, 0.25) is 5.91 Å².